The van der Waals surface area contributed by atoms with Crippen LogP contribution in [0.3, 0.4) is 0 Å². The monoisotopic (exact) mass is 277 g/mol. The summed E-state index contributed by atoms with van der Waals surface area (Å²) >= 11 is 0. The standard InChI is InChI=1S/C11H19NO5S/c1-2-9(11(14)15)18(16,17)7-10(13)12-8-5-3-4-6-8/h8-9H,2-7H2,1H3,(H,12,13)(H,14,15). The maximum absolute atomic E-state index is 11.7. The quantitative estimate of drug-likeness (QED) is 0.728. The number of carboxylic acids is 1. The highest BCUT2D eigenvalue weighted by Gasteiger charge is 2.33. The maximum atomic E-state index is 11.7. The van der Waals surface area contributed by atoms with Gasteiger partial charge in [0, 0.05) is 6.04 Å². The van der Waals surface area contributed by atoms with Gasteiger partial charge >= 0.3 is 5.97 Å². The van der Waals surface area contributed by atoms with Crippen molar-refractivity contribution in [3.63, 3.8) is 0 Å². The number of sulfone groups is 1. The molecular weight excluding hydrogens is 258 g/mol. The van der Waals surface area contributed by atoms with E-state index in [0.717, 1.165) is 25.7 Å². The molecule has 0 aromatic heterocycles. The van der Waals surface area contributed by atoms with Crippen molar-refractivity contribution in [2.75, 3.05) is 5.75 Å². The minimum atomic E-state index is -3.92. The van der Waals surface area contributed by atoms with Gasteiger partial charge in [-0.2, -0.15) is 0 Å². The number of hydrogen-bond donors (Lipinski definition) is 2. The highest BCUT2D eigenvalue weighted by molar-refractivity contribution is 7.93. The molecule has 1 aliphatic carbocycles. The number of nitrogens with one attached hydrogen (secondary N) is 1. The van der Waals surface area contributed by atoms with Gasteiger partial charge < -0.3 is 10.4 Å². The Kier molecular flexibility index (Phi) is 5.13. The van der Waals surface area contributed by atoms with Crippen molar-refractivity contribution in [3.8, 4) is 0 Å². The Balaban J connectivity index is 2.58. The molecule has 0 bridgehead atoms. The summed E-state index contributed by atoms with van der Waals surface area (Å²) in [5.41, 5.74) is 0. The minimum Gasteiger partial charge on any atom is -0.480 e. The molecule has 0 spiro atoms. The van der Waals surface area contributed by atoms with Gasteiger partial charge in [0.15, 0.2) is 15.1 Å². The summed E-state index contributed by atoms with van der Waals surface area (Å²) in [5, 5.41) is 9.94. The summed E-state index contributed by atoms with van der Waals surface area (Å²) in [6.45, 7) is 1.48. The summed E-state index contributed by atoms with van der Waals surface area (Å²) in [5.74, 6) is -2.73. The van der Waals surface area contributed by atoms with Crippen LogP contribution in [0.1, 0.15) is 39.0 Å². The van der Waals surface area contributed by atoms with Crippen molar-refractivity contribution in [3.05, 3.63) is 0 Å². The van der Waals surface area contributed by atoms with E-state index in [2.05, 4.69) is 5.32 Å². The first-order chi connectivity index (χ1) is 8.36. The second-order valence-electron chi connectivity index (χ2n) is 4.59. The van der Waals surface area contributed by atoms with Crippen molar-refractivity contribution in [2.24, 2.45) is 0 Å². The minimum absolute atomic E-state index is 0.0334. The number of carbonyl (C=O) groups excluding carboxylic acids is 1. The Hall–Kier alpha value is -1.11. The number of hydrogen-bond acceptors (Lipinski definition) is 4. The third-order valence-corrected chi connectivity index (χ3v) is 5.20. The van der Waals surface area contributed by atoms with E-state index in [4.69, 9.17) is 5.11 Å². The third-order valence-electron chi connectivity index (χ3n) is 3.13. The largest absolute Gasteiger partial charge is 0.480 e. The SMILES string of the molecule is CCC(C(=O)O)S(=O)(=O)CC(=O)NC1CCCC1. The van der Waals surface area contributed by atoms with E-state index in [1.165, 1.54) is 6.92 Å². The van der Waals surface area contributed by atoms with Crippen molar-refractivity contribution < 1.29 is 23.1 Å². The van der Waals surface area contributed by atoms with Gasteiger partial charge in [-0.1, -0.05) is 19.8 Å². The molecule has 7 heteroatoms. The van der Waals surface area contributed by atoms with Gasteiger partial charge in [0.25, 0.3) is 0 Å². The maximum Gasteiger partial charge on any atom is 0.321 e. The number of rotatable bonds is 6. The third kappa shape index (κ3) is 3.97. The molecule has 1 fully saturated rings. The van der Waals surface area contributed by atoms with Gasteiger partial charge in [-0.3, -0.25) is 9.59 Å². The van der Waals surface area contributed by atoms with Gasteiger partial charge in [-0.15, -0.1) is 0 Å². The molecule has 1 atom stereocenters. The van der Waals surface area contributed by atoms with E-state index in [1.807, 2.05) is 0 Å². The lowest BCUT2D eigenvalue weighted by atomic mass is 10.2. The summed E-state index contributed by atoms with van der Waals surface area (Å²) in [6, 6.07) is 0.0394. The fraction of sp³-hybridized carbons (Fsp3) is 0.818. The highest BCUT2D eigenvalue weighted by Crippen LogP contribution is 2.17. The van der Waals surface area contributed by atoms with Crippen LogP contribution in [-0.4, -0.2) is 42.4 Å². The molecular formula is C11H19NO5S. The molecule has 1 amide bonds. The Morgan fingerprint density at radius 1 is 1.33 bits per heavy atom. The molecule has 0 heterocycles. The normalized spacial score (nSPS) is 18.5. The molecule has 104 valence electrons. The Morgan fingerprint density at radius 3 is 2.33 bits per heavy atom. The molecule has 0 radical (unpaired) electrons. The van der Waals surface area contributed by atoms with Gasteiger partial charge in [0.05, 0.1) is 0 Å². The molecule has 0 saturated heterocycles. The first kappa shape index (κ1) is 14.9. The van der Waals surface area contributed by atoms with E-state index in [0.29, 0.717) is 0 Å². The lowest BCUT2D eigenvalue weighted by molar-refractivity contribution is -0.136. The number of amides is 1. The van der Waals surface area contributed by atoms with Gasteiger partial charge in [0.2, 0.25) is 5.91 Å². The second-order valence-corrected chi connectivity index (χ2v) is 6.77. The number of carbonyl (C=O) groups is 2. The van der Waals surface area contributed by atoms with Gasteiger partial charge in [-0.05, 0) is 19.3 Å². The summed E-state index contributed by atoms with van der Waals surface area (Å²) < 4.78 is 23.5. The molecule has 0 aromatic carbocycles. The molecule has 0 aliphatic heterocycles. The molecule has 1 saturated carbocycles. The van der Waals surface area contributed by atoms with Crippen molar-refractivity contribution >= 4 is 21.7 Å². The second kappa shape index (κ2) is 6.17. The van der Waals surface area contributed by atoms with Crippen LogP contribution in [0.25, 0.3) is 0 Å². The van der Waals surface area contributed by atoms with Crippen LogP contribution in [0.2, 0.25) is 0 Å². The van der Waals surface area contributed by atoms with E-state index >= 15 is 0 Å². The summed E-state index contributed by atoms with van der Waals surface area (Å²) in [4.78, 5) is 22.4. The molecule has 1 unspecified atom stereocenters. The van der Waals surface area contributed by atoms with E-state index in [-0.39, 0.29) is 12.5 Å². The van der Waals surface area contributed by atoms with E-state index in [9.17, 15) is 18.0 Å². The van der Waals surface area contributed by atoms with Crippen LogP contribution in [0.15, 0.2) is 0 Å². The van der Waals surface area contributed by atoms with Gasteiger partial charge in [0.1, 0.15) is 5.75 Å². The van der Waals surface area contributed by atoms with Crippen molar-refractivity contribution in [1.82, 2.24) is 5.32 Å². The summed E-state index contributed by atoms with van der Waals surface area (Å²) in [7, 11) is -3.92. The van der Waals surface area contributed by atoms with Crippen LogP contribution in [0, 0.1) is 0 Å². The molecule has 18 heavy (non-hydrogen) atoms. The van der Waals surface area contributed by atoms with Crippen LogP contribution in [0.5, 0.6) is 0 Å². The zero-order valence-electron chi connectivity index (χ0n) is 10.4. The fourth-order valence-corrected chi connectivity index (χ4v) is 3.67. The fourth-order valence-electron chi connectivity index (χ4n) is 2.20. The Bertz CT molecular complexity index is 411. The molecule has 2 N–H and O–H groups in total. The molecule has 1 rings (SSSR count). The van der Waals surface area contributed by atoms with Crippen LogP contribution < -0.4 is 5.32 Å². The predicted molar refractivity (Wildman–Crippen MR) is 65.9 cm³/mol. The lowest BCUT2D eigenvalue weighted by Gasteiger charge is -2.14. The van der Waals surface area contributed by atoms with Crippen LogP contribution >= 0.6 is 0 Å². The predicted octanol–water partition coefficient (Wildman–Crippen LogP) is 0.323. The summed E-state index contributed by atoms with van der Waals surface area (Å²) in [6.07, 6.45) is 3.76. The smallest absolute Gasteiger partial charge is 0.321 e. The Morgan fingerprint density at radius 2 is 1.89 bits per heavy atom. The number of aliphatic carboxylic acids is 1. The van der Waals surface area contributed by atoms with E-state index < -0.39 is 32.7 Å². The molecule has 6 nitrogen and oxygen atoms in total. The highest BCUT2D eigenvalue weighted by atomic mass is 32.2. The van der Waals surface area contributed by atoms with Crippen LogP contribution in [-0.2, 0) is 19.4 Å². The van der Waals surface area contributed by atoms with Crippen LogP contribution in [0.4, 0.5) is 0 Å². The van der Waals surface area contributed by atoms with Crippen molar-refractivity contribution in [2.45, 2.75) is 50.3 Å². The lowest BCUT2D eigenvalue weighted by Crippen LogP contribution is -2.41. The average Bonchev–Trinajstić information content (AvgIpc) is 2.68. The average molecular weight is 277 g/mol. The van der Waals surface area contributed by atoms with Crippen molar-refractivity contribution in [1.29, 1.82) is 0 Å². The first-order valence-corrected chi connectivity index (χ1v) is 7.82. The molecule has 1 aliphatic rings. The van der Waals surface area contributed by atoms with E-state index in [1.54, 1.807) is 0 Å². The first-order valence-electron chi connectivity index (χ1n) is 6.10. The Labute approximate surface area is 107 Å². The molecule has 0 aromatic rings. The zero-order valence-corrected chi connectivity index (χ0v) is 11.2. The zero-order chi connectivity index (χ0) is 13.8. The topological polar surface area (TPSA) is 101 Å². The van der Waals surface area contributed by atoms with Gasteiger partial charge in [-0.25, -0.2) is 8.42 Å². The number of carboxylic acid groups (broad SMARTS) is 1.